The number of nitrogens with one attached hydrogen (secondary N) is 1. The molecule has 0 unspecified atom stereocenters. The molecule has 6 nitrogen and oxygen atoms in total. The highest BCUT2D eigenvalue weighted by atomic mass is 16.2. The lowest BCUT2D eigenvalue weighted by Crippen LogP contribution is -2.52. The van der Waals surface area contributed by atoms with E-state index in [1.165, 1.54) is 0 Å². The van der Waals surface area contributed by atoms with Gasteiger partial charge in [0.25, 0.3) is 0 Å². The summed E-state index contributed by atoms with van der Waals surface area (Å²) >= 11 is 0. The Morgan fingerprint density at radius 2 is 2.05 bits per heavy atom. The number of benzene rings is 1. The maximum Gasteiger partial charge on any atom is 0.317 e. The zero-order valence-corrected chi connectivity index (χ0v) is 12.8. The quantitative estimate of drug-likeness (QED) is 0.876. The summed E-state index contributed by atoms with van der Waals surface area (Å²) in [4.78, 5) is 20.7. The summed E-state index contributed by atoms with van der Waals surface area (Å²) in [5, 5.41) is 2.82. The maximum absolute atomic E-state index is 11.9. The lowest BCUT2D eigenvalue weighted by molar-refractivity contribution is 0.195. The number of urea groups is 1. The van der Waals surface area contributed by atoms with E-state index in [2.05, 4.69) is 27.4 Å². The standard InChI is InChI=1S/C16H21N5O/c1-3-8-17-16(22)21-11-9-20(10-12-21)15-18-13-6-4-5-7-14(13)19(15)2/h3-7H,1,8-12H2,2H3,(H,17,22). The van der Waals surface area contributed by atoms with Crippen molar-refractivity contribution in [1.82, 2.24) is 19.8 Å². The number of carbonyl (C=O) groups is 1. The number of piperazine rings is 1. The van der Waals surface area contributed by atoms with Crippen molar-refractivity contribution in [3.8, 4) is 0 Å². The maximum atomic E-state index is 11.9. The van der Waals surface area contributed by atoms with Gasteiger partial charge in [-0.3, -0.25) is 0 Å². The first-order valence-electron chi connectivity index (χ1n) is 7.51. The van der Waals surface area contributed by atoms with Gasteiger partial charge < -0.3 is 19.7 Å². The summed E-state index contributed by atoms with van der Waals surface area (Å²) in [6.45, 7) is 7.09. The summed E-state index contributed by atoms with van der Waals surface area (Å²) in [7, 11) is 2.04. The van der Waals surface area contributed by atoms with Gasteiger partial charge >= 0.3 is 6.03 Å². The molecule has 0 aliphatic carbocycles. The lowest BCUT2D eigenvalue weighted by Gasteiger charge is -2.35. The Balaban J connectivity index is 1.69. The van der Waals surface area contributed by atoms with Gasteiger partial charge in [-0.25, -0.2) is 9.78 Å². The Morgan fingerprint density at radius 1 is 1.32 bits per heavy atom. The van der Waals surface area contributed by atoms with E-state index in [1.54, 1.807) is 6.08 Å². The van der Waals surface area contributed by atoms with Gasteiger partial charge in [0.1, 0.15) is 0 Å². The smallest absolute Gasteiger partial charge is 0.317 e. The van der Waals surface area contributed by atoms with Gasteiger partial charge in [-0.15, -0.1) is 6.58 Å². The van der Waals surface area contributed by atoms with E-state index in [0.29, 0.717) is 19.6 Å². The summed E-state index contributed by atoms with van der Waals surface area (Å²) in [5.41, 5.74) is 2.13. The Labute approximate surface area is 130 Å². The van der Waals surface area contributed by atoms with E-state index in [1.807, 2.05) is 30.1 Å². The molecule has 1 aliphatic heterocycles. The minimum absolute atomic E-state index is 0.0236. The number of rotatable bonds is 3. The SMILES string of the molecule is C=CCNC(=O)N1CCN(c2nc3ccccc3n2C)CC1. The zero-order valence-electron chi connectivity index (χ0n) is 12.8. The zero-order chi connectivity index (χ0) is 15.5. The molecule has 6 heteroatoms. The monoisotopic (exact) mass is 299 g/mol. The Kier molecular flexibility index (Phi) is 4.00. The lowest BCUT2D eigenvalue weighted by atomic mass is 10.3. The Hall–Kier alpha value is -2.50. The molecule has 1 aromatic heterocycles. The summed E-state index contributed by atoms with van der Waals surface area (Å²) < 4.78 is 2.11. The molecular weight excluding hydrogens is 278 g/mol. The molecule has 0 spiro atoms. The molecule has 116 valence electrons. The van der Waals surface area contributed by atoms with Crippen molar-refractivity contribution in [2.75, 3.05) is 37.6 Å². The van der Waals surface area contributed by atoms with Gasteiger partial charge in [0.05, 0.1) is 11.0 Å². The molecule has 0 atom stereocenters. The first-order chi connectivity index (χ1) is 10.7. The molecule has 1 fully saturated rings. The second-order valence-corrected chi connectivity index (χ2v) is 5.41. The normalized spacial score (nSPS) is 15.1. The summed E-state index contributed by atoms with van der Waals surface area (Å²) in [5.74, 6) is 0.965. The van der Waals surface area contributed by atoms with Crippen LogP contribution in [0.25, 0.3) is 11.0 Å². The number of para-hydroxylation sites is 2. The molecule has 2 heterocycles. The van der Waals surface area contributed by atoms with E-state index in [0.717, 1.165) is 30.1 Å². The van der Waals surface area contributed by atoms with Gasteiger partial charge in [0, 0.05) is 39.8 Å². The van der Waals surface area contributed by atoms with Crippen molar-refractivity contribution in [3.63, 3.8) is 0 Å². The molecule has 2 aromatic rings. The van der Waals surface area contributed by atoms with Crippen LogP contribution in [0.15, 0.2) is 36.9 Å². The minimum atomic E-state index is -0.0236. The molecule has 1 aliphatic rings. The molecule has 1 saturated heterocycles. The molecule has 3 rings (SSSR count). The van der Waals surface area contributed by atoms with E-state index >= 15 is 0 Å². The van der Waals surface area contributed by atoms with Crippen LogP contribution >= 0.6 is 0 Å². The van der Waals surface area contributed by atoms with Gasteiger partial charge in [0.2, 0.25) is 5.95 Å². The van der Waals surface area contributed by atoms with Crippen LogP contribution < -0.4 is 10.2 Å². The molecule has 2 amide bonds. The molecular formula is C16H21N5O. The van der Waals surface area contributed by atoms with Crippen LogP contribution in [0.2, 0.25) is 0 Å². The van der Waals surface area contributed by atoms with Gasteiger partial charge in [0.15, 0.2) is 0 Å². The van der Waals surface area contributed by atoms with Crippen LogP contribution in [-0.4, -0.2) is 53.2 Å². The van der Waals surface area contributed by atoms with Crippen molar-refractivity contribution < 1.29 is 4.79 Å². The van der Waals surface area contributed by atoms with E-state index in [9.17, 15) is 4.79 Å². The second kappa shape index (κ2) is 6.09. The molecule has 0 radical (unpaired) electrons. The summed E-state index contributed by atoms with van der Waals surface area (Å²) in [6.07, 6.45) is 1.69. The number of aryl methyl sites for hydroxylation is 1. The third kappa shape index (κ3) is 2.64. The number of amides is 2. The molecule has 1 aromatic carbocycles. The Morgan fingerprint density at radius 3 is 2.73 bits per heavy atom. The molecule has 0 saturated carbocycles. The predicted octanol–water partition coefficient (Wildman–Crippen LogP) is 1.59. The number of carbonyl (C=O) groups excluding carboxylic acids is 1. The van der Waals surface area contributed by atoms with Crippen molar-refractivity contribution in [2.24, 2.45) is 7.05 Å². The molecule has 0 bridgehead atoms. The van der Waals surface area contributed by atoms with Crippen LogP contribution in [0.4, 0.5) is 10.7 Å². The second-order valence-electron chi connectivity index (χ2n) is 5.41. The average molecular weight is 299 g/mol. The third-order valence-corrected chi connectivity index (χ3v) is 4.01. The van der Waals surface area contributed by atoms with E-state index in [-0.39, 0.29) is 6.03 Å². The first kappa shape index (κ1) is 14.4. The first-order valence-corrected chi connectivity index (χ1v) is 7.51. The predicted molar refractivity (Wildman–Crippen MR) is 88.1 cm³/mol. The highest BCUT2D eigenvalue weighted by molar-refractivity contribution is 5.79. The van der Waals surface area contributed by atoms with Crippen molar-refractivity contribution >= 4 is 23.0 Å². The number of hydrogen-bond acceptors (Lipinski definition) is 3. The Bertz CT molecular complexity index is 685. The number of nitrogens with zero attached hydrogens (tertiary/aromatic N) is 4. The number of anilines is 1. The summed E-state index contributed by atoms with van der Waals surface area (Å²) in [6, 6.07) is 8.10. The van der Waals surface area contributed by atoms with Crippen LogP contribution in [0, 0.1) is 0 Å². The average Bonchev–Trinajstić information content (AvgIpc) is 2.90. The fraction of sp³-hybridized carbons (Fsp3) is 0.375. The topological polar surface area (TPSA) is 53.4 Å². The third-order valence-electron chi connectivity index (χ3n) is 4.01. The van der Waals surface area contributed by atoms with Gasteiger partial charge in [-0.1, -0.05) is 18.2 Å². The number of imidazole rings is 1. The van der Waals surface area contributed by atoms with E-state index < -0.39 is 0 Å². The van der Waals surface area contributed by atoms with Crippen LogP contribution in [0.1, 0.15) is 0 Å². The number of aromatic nitrogens is 2. The van der Waals surface area contributed by atoms with Gasteiger partial charge in [-0.2, -0.15) is 0 Å². The highest BCUT2D eigenvalue weighted by Gasteiger charge is 2.23. The van der Waals surface area contributed by atoms with Crippen molar-refractivity contribution in [1.29, 1.82) is 0 Å². The van der Waals surface area contributed by atoms with Crippen LogP contribution in [0.5, 0.6) is 0 Å². The minimum Gasteiger partial charge on any atom is -0.339 e. The molecule has 22 heavy (non-hydrogen) atoms. The van der Waals surface area contributed by atoms with Gasteiger partial charge in [-0.05, 0) is 12.1 Å². The van der Waals surface area contributed by atoms with E-state index in [4.69, 9.17) is 4.98 Å². The highest BCUT2D eigenvalue weighted by Crippen LogP contribution is 2.21. The fourth-order valence-electron chi connectivity index (χ4n) is 2.80. The van der Waals surface area contributed by atoms with Crippen LogP contribution in [-0.2, 0) is 7.05 Å². The van der Waals surface area contributed by atoms with Crippen LogP contribution in [0.3, 0.4) is 0 Å². The fourth-order valence-corrected chi connectivity index (χ4v) is 2.80. The molecule has 1 N–H and O–H groups in total. The van der Waals surface area contributed by atoms with Crippen molar-refractivity contribution in [2.45, 2.75) is 0 Å². The number of hydrogen-bond donors (Lipinski definition) is 1. The van der Waals surface area contributed by atoms with Crippen molar-refractivity contribution in [3.05, 3.63) is 36.9 Å². The largest absolute Gasteiger partial charge is 0.339 e. The number of fused-ring (bicyclic) bond motifs is 1.